The molecule has 3 aromatic rings. The van der Waals surface area contributed by atoms with E-state index < -0.39 is 0 Å². The summed E-state index contributed by atoms with van der Waals surface area (Å²) in [5.74, 6) is 1.72. The van der Waals surface area contributed by atoms with E-state index in [1.165, 1.54) is 11.1 Å². The Balaban J connectivity index is 1.65. The van der Waals surface area contributed by atoms with Crippen LogP contribution in [-0.2, 0) is 0 Å². The van der Waals surface area contributed by atoms with Crippen LogP contribution in [0.4, 0.5) is 5.82 Å². The van der Waals surface area contributed by atoms with Gasteiger partial charge in [-0.3, -0.25) is 0 Å². The Morgan fingerprint density at radius 3 is 2.77 bits per heavy atom. The van der Waals surface area contributed by atoms with Crippen molar-refractivity contribution in [3.63, 3.8) is 0 Å². The van der Waals surface area contributed by atoms with Crippen LogP contribution in [0.15, 0.2) is 48.8 Å². The van der Waals surface area contributed by atoms with Gasteiger partial charge in [-0.2, -0.15) is 14.6 Å². The maximum Gasteiger partial charge on any atom is 0.254 e. The molecular weight excluding hydrogens is 274 g/mol. The fourth-order valence-corrected chi connectivity index (χ4v) is 2.93. The number of aromatic nitrogens is 4. The van der Waals surface area contributed by atoms with Gasteiger partial charge in [-0.15, -0.1) is 0 Å². The van der Waals surface area contributed by atoms with Crippen LogP contribution in [0.2, 0.25) is 0 Å². The number of aryl methyl sites for hydroxylation is 1. The summed E-state index contributed by atoms with van der Waals surface area (Å²) >= 11 is 0. The van der Waals surface area contributed by atoms with Gasteiger partial charge in [-0.05, 0) is 24.5 Å². The topological polar surface area (TPSA) is 46.3 Å². The van der Waals surface area contributed by atoms with Crippen LogP contribution in [0.5, 0.6) is 0 Å². The maximum atomic E-state index is 4.40. The van der Waals surface area contributed by atoms with Gasteiger partial charge >= 0.3 is 0 Å². The molecule has 0 amide bonds. The first-order chi connectivity index (χ1) is 10.8. The molecule has 110 valence electrons. The first kappa shape index (κ1) is 13.0. The monoisotopic (exact) mass is 291 g/mol. The normalized spacial score (nSPS) is 15.1. The molecule has 0 atom stereocenters. The summed E-state index contributed by atoms with van der Waals surface area (Å²) in [6, 6.07) is 12.7. The second kappa shape index (κ2) is 5.26. The Labute approximate surface area is 128 Å². The van der Waals surface area contributed by atoms with E-state index in [9.17, 15) is 0 Å². The van der Waals surface area contributed by atoms with E-state index in [1.807, 2.05) is 11.4 Å². The van der Waals surface area contributed by atoms with Crippen LogP contribution in [0.1, 0.15) is 17.7 Å². The quantitative estimate of drug-likeness (QED) is 0.728. The lowest BCUT2D eigenvalue weighted by Gasteiger charge is -2.28. The zero-order valence-corrected chi connectivity index (χ0v) is 12.5. The first-order valence-electron chi connectivity index (χ1n) is 7.48. The average molecular weight is 291 g/mol. The molecule has 1 aromatic carbocycles. The highest BCUT2D eigenvalue weighted by molar-refractivity contribution is 5.68. The second-order valence-electron chi connectivity index (χ2n) is 5.52. The van der Waals surface area contributed by atoms with Gasteiger partial charge in [0.05, 0.1) is 0 Å². The standard InChI is InChI=1S/C17H17N5/c1-13-11-16(22-17(20-13)18-12-19-22)21-9-7-15(8-10-21)14-5-3-2-4-6-14/h2-7,11-12H,8-10H2,1H3. The van der Waals surface area contributed by atoms with E-state index in [0.29, 0.717) is 5.78 Å². The molecule has 0 saturated heterocycles. The minimum absolute atomic E-state index is 0.660. The van der Waals surface area contributed by atoms with Crippen LogP contribution >= 0.6 is 0 Å². The van der Waals surface area contributed by atoms with Crippen molar-refractivity contribution in [1.29, 1.82) is 0 Å². The molecule has 0 N–H and O–H groups in total. The SMILES string of the molecule is Cc1cc(N2CC=C(c3ccccc3)CC2)n2ncnc2n1. The molecule has 22 heavy (non-hydrogen) atoms. The molecule has 5 nitrogen and oxygen atoms in total. The fraction of sp³-hybridized carbons (Fsp3) is 0.235. The van der Waals surface area contributed by atoms with Crippen LogP contribution in [0, 0.1) is 6.92 Å². The zero-order valence-electron chi connectivity index (χ0n) is 12.5. The largest absolute Gasteiger partial charge is 0.352 e. The molecule has 3 heterocycles. The van der Waals surface area contributed by atoms with Crippen molar-refractivity contribution in [1.82, 2.24) is 19.6 Å². The number of nitrogens with zero attached hydrogens (tertiary/aromatic N) is 5. The number of fused-ring (bicyclic) bond motifs is 1. The molecule has 5 heteroatoms. The summed E-state index contributed by atoms with van der Waals surface area (Å²) in [5.41, 5.74) is 3.70. The molecule has 0 bridgehead atoms. The Kier molecular flexibility index (Phi) is 3.11. The molecule has 2 aromatic heterocycles. The van der Waals surface area contributed by atoms with Crippen molar-refractivity contribution in [2.45, 2.75) is 13.3 Å². The average Bonchev–Trinajstić information content (AvgIpc) is 3.03. The third kappa shape index (κ3) is 2.24. The number of anilines is 1. The van der Waals surface area contributed by atoms with E-state index in [0.717, 1.165) is 31.0 Å². The van der Waals surface area contributed by atoms with Gasteiger partial charge in [0.2, 0.25) is 0 Å². The van der Waals surface area contributed by atoms with Crippen molar-refractivity contribution < 1.29 is 0 Å². The summed E-state index contributed by atoms with van der Waals surface area (Å²) in [5, 5.41) is 4.29. The Bertz CT molecular complexity index is 835. The maximum absolute atomic E-state index is 4.40. The minimum atomic E-state index is 0.660. The van der Waals surface area contributed by atoms with Gasteiger partial charge in [-0.25, -0.2) is 4.98 Å². The highest BCUT2D eigenvalue weighted by Crippen LogP contribution is 2.25. The van der Waals surface area contributed by atoms with Crippen molar-refractivity contribution >= 4 is 17.2 Å². The van der Waals surface area contributed by atoms with E-state index in [-0.39, 0.29) is 0 Å². The van der Waals surface area contributed by atoms with Crippen molar-refractivity contribution in [2.24, 2.45) is 0 Å². The summed E-state index contributed by atoms with van der Waals surface area (Å²) in [6.45, 7) is 3.84. The number of rotatable bonds is 2. The summed E-state index contributed by atoms with van der Waals surface area (Å²) in [6.07, 6.45) is 4.89. The third-order valence-electron chi connectivity index (χ3n) is 4.04. The minimum Gasteiger partial charge on any atom is -0.352 e. The molecule has 0 saturated carbocycles. The van der Waals surface area contributed by atoms with E-state index >= 15 is 0 Å². The molecule has 0 aliphatic carbocycles. The lowest BCUT2D eigenvalue weighted by atomic mass is 9.99. The summed E-state index contributed by atoms with van der Waals surface area (Å²) in [7, 11) is 0. The van der Waals surface area contributed by atoms with Gasteiger partial charge < -0.3 is 4.90 Å². The van der Waals surface area contributed by atoms with Crippen LogP contribution in [0.3, 0.4) is 0 Å². The zero-order chi connectivity index (χ0) is 14.9. The Hall–Kier alpha value is -2.69. The summed E-state index contributed by atoms with van der Waals surface area (Å²) in [4.78, 5) is 10.9. The molecule has 1 aliphatic heterocycles. The highest BCUT2D eigenvalue weighted by Gasteiger charge is 2.17. The van der Waals surface area contributed by atoms with Crippen LogP contribution in [-0.4, -0.2) is 32.7 Å². The van der Waals surface area contributed by atoms with Crippen molar-refractivity contribution in [3.05, 3.63) is 60.1 Å². The van der Waals surface area contributed by atoms with Crippen LogP contribution in [0.25, 0.3) is 11.4 Å². The molecule has 0 spiro atoms. The molecular formula is C17H17N5. The molecule has 4 rings (SSSR count). The highest BCUT2D eigenvalue weighted by atomic mass is 15.4. The van der Waals surface area contributed by atoms with E-state index in [1.54, 1.807) is 6.33 Å². The van der Waals surface area contributed by atoms with Gasteiger partial charge in [0.15, 0.2) is 0 Å². The lowest BCUT2D eigenvalue weighted by molar-refractivity contribution is 0.778. The van der Waals surface area contributed by atoms with Gasteiger partial charge in [0, 0.05) is 24.8 Å². The molecule has 1 aliphatic rings. The molecule has 0 radical (unpaired) electrons. The van der Waals surface area contributed by atoms with E-state index in [2.05, 4.69) is 62.4 Å². The van der Waals surface area contributed by atoms with Gasteiger partial charge in [-0.1, -0.05) is 36.4 Å². The van der Waals surface area contributed by atoms with E-state index in [4.69, 9.17) is 0 Å². The van der Waals surface area contributed by atoms with Gasteiger partial charge in [0.25, 0.3) is 5.78 Å². The molecule has 0 unspecified atom stereocenters. The third-order valence-corrected chi connectivity index (χ3v) is 4.04. The lowest BCUT2D eigenvalue weighted by Crippen LogP contribution is -2.30. The predicted molar refractivity (Wildman–Crippen MR) is 86.8 cm³/mol. The number of hydrogen-bond donors (Lipinski definition) is 0. The Morgan fingerprint density at radius 1 is 1.14 bits per heavy atom. The number of hydrogen-bond acceptors (Lipinski definition) is 4. The number of benzene rings is 1. The van der Waals surface area contributed by atoms with Crippen LogP contribution < -0.4 is 4.90 Å². The Morgan fingerprint density at radius 2 is 2.00 bits per heavy atom. The second-order valence-corrected chi connectivity index (χ2v) is 5.52. The van der Waals surface area contributed by atoms with Crippen molar-refractivity contribution in [3.8, 4) is 0 Å². The predicted octanol–water partition coefficient (Wildman–Crippen LogP) is 2.73. The smallest absolute Gasteiger partial charge is 0.254 e. The first-order valence-corrected chi connectivity index (χ1v) is 7.48. The summed E-state index contributed by atoms with van der Waals surface area (Å²) < 4.78 is 1.81. The van der Waals surface area contributed by atoms with Crippen molar-refractivity contribution in [2.75, 3.05) is 18.0 Å². The van der Waals surface area contributed by atoms with Gasteiger partial charge in [0.1, 0.15) is 12.1 Å². The fourth-order valence-electron chi connectivity index (χ4n) is 2.93. The molecule has 0 fully saturated rings.